The maximum Gasteiger partial charge on any atom is 0.312 e. The average Bonchev–Trinajstić information content (AvgIpc) is 3.11. The van der Waals surface area contributed by atoms with Crippen LogP contribution in [0.15, 0.2) is 0 Å². The number of hydrogen-bond donors (Lipinski definition) is 1. The Balaban J connectivity index is 1.86. The van der Waals surface area contributed by atoms with Gasteiger partial charge in [-0.05, 0) is 31.6 Å². The summed E-state index contributed by atoms with van der Waals surface area (Å²) in [6.07, 6.45) is 6.71. The third-order valence-electron chi connectivity index (χ3n) is 4.58. The van der Waals surface area contributed by atoms with E-state index in [-0.39, 0.29) is 5.92 Å². The van der Waals surface area contributed by atoms with Crippen LogP contribution >= 0.6 is 11.3 Å². The van der Waals surface area contributed by atoms with Gasteiger partial charge in [-0.1, -0.05) is 26.7 Å². The molecule has 0 amide bonds. The number of carbonyl (C=O) groups is 1. The van der Waals surface area contributed by atoms with Crippen LogP contribution in [0.25, 0.3) is 0 Å². The molecule has 1 N–H and O–H groups in total. The van der Waals surface area contributed by atoms with Crippen molar-refractivity contribution in [1.82, 2.24) is 4.98 Å². The summed E-state index contributed by atoms with van der Waals surface area (Å²) in [7, 11) is 0. The predicted molar refractivity (Wildman–Crippen MR) is 85.3 cm³/mol. The highest BCUT2D eigenvalue weighted by atomic mass is 32.1. The molecule has 2 aliphatic rings. The average molecular weight is 308 g/mol. The van der Waals surface area contributed by atoms with Crippen molar-refractivity contribution in [2.75, 3.05) is 11.4 Å². The van der Waals surface area contributed by atoms with Crippen LogP contribution in [0.1, 0.15) is 62.4 Å². The summed E-state index contributed by atoms with van der Waals surface area (Å²) in [5.41, 5.74) is 0.842. The number of carboxylic acids is 1. The molecule has 5 heteroatoms. The van der Waals surface area contributed by atoms with Crippen molar-refractivity contribution in [3.05, 3.63) is 10.6 Å². The van der Waals surface area contributed by atoms with Crippen molar-refractivity contribution in [2.45, 2.75) is 64.3 Å². The molecule has 1 fully saturated rings. The van der Waals surface area contributed by atoms with Crippen LogP contribution in [0.3, 0.4) is 0 Å². The summed E-state index contributed by atoms with van der Waals surface area (Å²) in [5, 5.41) is 10.4. The van der Waals surface area contributed by atoms with Crippen molar-refractivity contribution >= 4 is 22.4 Å². The molecule has 1 heterocycles. The Hall–Kier alpha value is -1.10. The molecule has 3 rings (SSSR count). The first-order valence-corrected chi connectivity index (χ1v) is 8.87. The van der Waals surface area contributed by atoms with Gasteiger partial charge in [0.25, 0.3) is 0 Å². The van der Waals surface area contributed by atoms with E-state index in [1.54, 1.807) is 11.3 Å². The van der Waals surface area contributed by atoms with Gasteiger partial charge in [0.1, 0.15) is 5.92 Å². The van der Waals surface area contributed by atoms with E-state index < -0.39 is 5.97 Å². The number of anilines is 1. The fraction of sp³-hybridized carbons (Fsp3) is 0.750. The van der Waals surface area contributed by atoms with Crippen molar-refractivity contribution in [3.8, 4) is 0 Å². The quantitative estimate of drug-likeness (QED) is 0.902. The van der Waals surface area contributed by atoms with E-state index in [0.717, 1.165) is 30.2 Å². The Morgan fingerprint density at radius 3 is 2.71 bits per heavy atom. The van der Waals surface area contributed by atoms with Gasteiger partial charge in [0.15, 0.2) is 5.13 Å². The monoisotopic (exact) mass is 308 g/mol. The minimum Gasteiger partial charge on any atom is -0.481 e. The molecule has 1 aromatic rings. The lowest BCUT2D eigenvalue weighted by molar-refractivity contribution is -0.138. The maximum absolute atomic E-state index is 11.3. The zero-order valence-corrected chi connectivity index (χ0v) is 13.7. The second kappa shape index (κ2) is 5.95. The molecule has 0 bridgehead atoms. The van der Waals surface area contributed by atoms with Gasteiger partial charge in [0.05, 0.1) is 5.69 Å². The van der Waals surface area contributed by atoms with Crippen LogP contribution < -0.4 is 4.90 Å². The Kier molecular flexibility index (Phi) is 4.20. The summed E-state index contributed by atoms with van der Waals surface area (Å²) < 4.78 is 0. The fourth-order valence-corrected chi connectivity index (χ4v) is 4.79. The number of fused-ring (bicyclic) bond motifs is 1. The molecule has 21 heavy (non-hydrogen) atoms. The van der Waals surface area contributed by atoms with Gasteiger partial charge < -0.3 is 10.0 Å². The Bertz CT molecular complexity index is 520. The van der Waals surface area contributed by atoms with E-state index >= 15 is 0 Å². The molecule has 1 aromatic heterocycles. The van der Waals surface area contributed by atoms with Gasteiger partial charge in [-0.15, -0.1) is 11.3 Å². The van der Waals surface area contributed by atoms with Crippen LogP contribution in [0.2, 0.25) is 0 Å². The number of nitrogens with zero attached hydrogens (tertiary/aromatic N) is 2. The summed E-state index contributed by atoms with van der Waals surface area (Å²) in [6.45, 7) is 5.50. The molecule has 116 valence electrons. The first-order chi connectivity index (χ1) is 10.1. The lowest BCUT2D eigenvalue weighted by atomic mass is 10.1. The number of rotatable bonds is 5. The molecule has 4 nitrogen and oxygen atoms in total. The van der Waals surface area contributed by atoms with Crippen molar-refractivity contribution < 1.29 is 9.90 Å². The molecule has 1 atom stereocenters. The third kappa shape index (κ3) is 2.93. The van der Waals surface area contributed by atoms with E-state index in [0.29, 0.717) is 12.0 Å². The smallest absolute Gasteiger partial charge is 0.312 e. The number of aryl methyl sites for hydroxylation is 1. The van der Waals surface area contributed by atoms with Crippen LogP contribution in [-0.4, -0.2) is 28.6 Å². The molecule has 0 radical (unpaired) electrons. The number of carboxylic acid groups (broad SMARTS) is 1. The largest absolute Gasteiger partial charge is 0.481 e. The van der Waals surface area contributed by atoms with Crippen molar-refractivity contribution in [1.29, 1.82) is 0 Å². The zero-order valence-electron chi connectivity index (χ0n) is 12.8. The van der Waals surface area contributed by atoms with Crippen LogP contribution in [0, 0.1) is 5.92 Å². The first-order valence-electron chi connectivity index (χ1n) is 8.05. The standard InChI is InChI=1S/C16H24N2O2S/c1-10(2)9-18(11-5-3-4-6-11)16-17-14-12(15(19)20)7-8-13(14)21-16/h10-12H,3-9H2,1-2H3,(H,19,20). The molecule has 0 aromatic carbocycles. The fourth-order valence-electron chi connectivity index (χ4n) is 3.57. The van der Waals surface area contributed by atoms with Crippen molar-refractivity contribution in [3.63, 3.8) is 0 Å². The van der Waals surface area contributed by atoms with Gasteiger partial charge in [0.2, 0.25) is 0 Å². The second-order valence-electron chi connectivity index (χ2n) is 6.72. The van der Waals surface area contributed by atoms with E-state index in [1.165, 1.54) is 30.6 Å². The van der Waals surface area contributed by atoms with Crippen molar-refractivity contribution in [2.24, 2.45) is 5.92 Å². The molecule has 2 aliphatic carbocycles. The normalized spacial score (nSPS) is 22.0. The van der Waals surface area contributed by atoms with Crippen LogP contribution in [0.4, 0.5) is 5.13 Å². The van der Waals surface area contributed by atoms with Gasteiger partial charge >= 0.3 is 5.97 Å². The lowest BCUT2D eigenvalue weighted by Gasteiger charge is -2.30. The summed E-state index contributed by atoms with van der Waals surface area (Å²) >= 11 is 1.73. The van der Waals surface area contributed by atoms with Gasteiger partial charge in [-0.25, -0.2) is 4.98 Å². The molecule has 0 saturated heterocycles. The molecule has 1 unspecified atom stereocenters. The lowest BCUT2D eigenvalue weighted by Crippen LogP contribution is -2.36. The SMILES string of the molecule is CC(C)CN(c1nc2c(s1)CCC2C(=O)O)C1CCCC1. The van der Waals surface area contributed by atoms with Gasteiger partial charge in [-0.3, -0.25) is 4.79 Å². The Labute approximate surface area is 130 Å². The molecular weight excluding hydrogens is 284 g/mol. The van der Waals surface area contributed by atoms with Gasteiger partial charge in [-0.2, -0.15) is 0 Å². The minimum atomic E-state index is -0.720. The number of hydrogen-bond acceptors (Lipinski definition) is 4. The van der Waals surface area contributed by atoms with E-state index in [1.807, 2.05) is 0 Å². The topological polar surface area (TPSA) is 53.4 Å². The molecule has 0 spiro atoms. The highest BCUT2D eigenvalue weighted by Gasteiger charge is 2.34. The zero-order chi connectivity index (χ0) is 15.0. The first kappa shape index (κ1) is 14.8. The van der Waals surface area contributed by atoms with Crippen LogP contribution in [0.5, 0.6) is 0 Å². The highest BCUT2D eigenvalue weighted by Crippen LogP contribution is 2.41. The number of aliphatic carboxylic acids is 1. The maximum atomic E-state index is 11.3. The van der Waals surface area contributed by atoms with Gasteiger partial charge in [0, 0.05) is 17.5 Å². The molecular formula is C16H24N2O2S. The van der Waals surface area contributed by atoms with E-state index in [2.05, 4.69) is 18.7 Å². The van der Waals surface area contributed by atoms with E-state index in [9.17, 15) is 9.90 Å². The summed E-state index contributed by atoms with van der Waals surface area (Å²) in [5.74, 6) is -0.504. The summed E-state index contributed by atoms with van der Waals surface area (Å²) in [6, 6.07) is 0.599. The Morgan fingerprint density at radius 1 is 1.38 bits per heavy atom. The second-order valence-corrected chi connectivity index (χ2v) is 7.78. The Morgan fingerprint density at radius 2 is 2.10 bits per heavy atom. The number of aromatic nitrogens is 1. The highest BCUT2D eigenvalue weighted by molar-refractivity contribution is 7.15. The molecule has 1 saturated carbocycles. The minimum absolute atomic E-state index is 0.380. The van der Waals surface area contributed by atoms with Crippen LogP contribution in [-0.2, 0) is 11.2 Å². The number of thiazole rings is 1. The summed E-state index contributed by atoms with van der Waals surface area (Å²) in [4.78, 5) is 19.7. The third-order valence-corrected chi connectivity index (χ3v) is 5.75. The van der Waals surface area contributed by atoms with E-state index in [4.69, 9.17) is 4.98 Å². The predicted octanol–water partition coefficient (Wildman–Crippen LogP) is 3.66. The molecule has 0 aliphatic heterocycles.